The molecule has 0 aliphatic heterocycles. The zero-order valence-electron chi connectivity index (χ0n) is 20.3. The number of aromatic nitrogens is 5. The number of nitrogens with zero attached hydrogens (tertiary/aromatic N) is 5. The zero-order chi connectivity index (χ0) is 25.4. The van der Waals surface area contributed by atoms with Gasteiger partial charge in [0.25, 0.3) is 5.56 Å². The van der Waals surface area contributed by atoms with E-state index in [1.807, 2.05) is 110 Å². The Morgan fingerprint density at radius 2 is 1.65 bits per heavy atom. The molecular formula is C29H23N5O2S. The van der Waals surface area contributed by atoms with Gasteiger partial charge in [-0.15, -0.1) is 5.10 Å². The molecule has 0 spiro atoms. The highest BCUT2D eigenvalue weighted by atomic mass is 32.1. The van der Waals surface area contributed by atoms with Gasteiger partial charge in [0.05, 0.1) is 16.8 Å². The van der Waals surface area contributed by atoms with Gasteiger partial charge in [0, 0.05) is 22.9 Å². The summed E-state index contributed by atoms with van der Waals surface area (Å²) in [5.41, 5.74) is 5.30. The van der Waals surface area contributed by atoms with Crippen molar-refractivity contribution in [3.63, 3.8) is 0 Å². The second kappa shape index (κ2) is 9.48. The van der Waals surface area contributed by atoms with Crippen LogP contribution in [0, 0.1) is 6.92 Å². The van der Waals surface area contributed by atoms with E-state index in [1.54, 1.807) is 0 Å². The molecule has 3 aromatic heterocycles. The lowest BCUT2D eigenvalue weighted by molar-refractivity contribution is 0.340. The number of aryl methyl sites for hydroxylation is 1. The Labute approximate surface area is 216 Å². The monoisotopic (exact) mass is 505 g/mol. The molecule has 0 aliphatic carbocycles. The van der Waals surface area contributed by atoms with Gasteiger partial charge in [0.1, 0.15) is 11.4 Å². The highest BCUT2D eigenvalue weighted by Gasteiger charge is 2.15. The van der Waals surface area contributed by atoms with Crippen LogP contribution in [-0.2, 0) is 0 Å². The van der Waals surface area contributed by atoms with Gasteiger partial charge < -0.3 is 4.74 Å². The van der Waals surface area contributed by atoms with Crippen molar-refractivity contribution in [2.24, 2.45) is 0 Å². The Morgan fingerprint density at radius 3 is 2.35 bits per heavy atom. The van der Waals surface area contributed by atoms with Crippen molar-refractivity contribution in [3.05, 3.63) is 111 Å². The lowest BCUT2D eigenvalue weighted by atomic mass is 10.1. The van der Waals surface area contributed by atoms with Crippen LogP contribution in [0.2, 0.25) is 0 Å². The second-order valence-electron chi connectivity index (χ2n) is 8.58. The van der Waals surface area contributed by atoms with Crippen LogP contribution in [0.4, 0.5) is 0 Å². The lowest BCUT2D eigenvalue weighted by Crippen LogP contribution is -2.23. The third-order valence-corrected chi connectivity index (χ3v) is 6.94. The van der Waals surface area contributed by atoms with E-state index in [2.05, 4.69) is 10.1 Å². The quantitative estimate of drug-likeness (QED) is 0.321. The number of thiazole rings is 1. The van der Waals surface area contributed by atoms with Gasteiger partial charge in [-0.1, -0.05) is 59.4 Å². The van der Waals surface area contributed by atoms with E-state index >= 15 is 0 Å². The van der Waals surface area contributed by atoms with Crippen LogP contribution in [-0.4, -0.2) is 31.0 Å². The first kappa shape index (κ1) is 22.9. The zero-order valence-corrected chi connectivity index (χ0v) is 21.1. The third-order valence-electron chi connectivity index (χ3n) is 5.98. The van der Waals surface area contributed by atoms with Crippen LogP contribution >= 0.6 is 11.3 Å². The molecule has 3 aromatic carbocycles. The minimum absolute atomic E-state index is 0.198. The molecule has 0 bridgehead atoms. The van der Waals surface area contributed by atoms with Crippen molar-refractivity contribution in [3.8, 4) is 34.1 Å². The molecule has 182 valence electrons. The third kappa shape index (κ3) is 4.43. The van der Waals surface area contributed by atoms with Crippen LogP contribution in [0.25, 0.3) is 39.4 Å². The first-order chi connectivity index (χ1) is 18.1. The Balaban J connectivity index is 1.45. The van der Waals surface area contributed by atoms with E-state index in [1.165, 1.54) is 15.9 Å². The normalized spacial score (nSPS) is 11.9. The molecule has 37 heavy (non-hydrogen) atoms. The van der Waals surface area contributed by atoms with Crippen LogP contribution in [0.1, 0.15) is 18.1 Å². The highest BCUT2D eigenvalue weighted by molar-refractivity contribution is 7.15. The average Bonchev–Trinajstić information content (AvgIpc) is 3.61. The minimum Gasteiger partial charge on any atom is -0.494 e. The summed E-state index contributed by atoms with van der Waals surface area (Å²) in [6, 6.07) is 25.7. The Morgan fingerprint density at radius 1 is 0.919 bits per heavy atom. The number of hydrogen-bond acceptors (Lipinski definition) is 6. The number of benzene rings is 3. The van der Waals surface area contributed by atoms with Crippen LogP contribution < -0.4 is 14.8 Å². The van der Waals surface area contributed by atoms with E-state index in [4.69, 9.17) is 9.84 Å². The molecule has 0 amide bonds. The number of fused-ring (bicyclic) bond motifs is 1. The van der Waals surface area contributed by atoms with Gasteiger partial charge in [0.2, 0.25) is 4.96 Å². The van der Waals surface area contributed by atoms with Crippen LogP contribution in [0.15, 0.2) is 89.9 Å². The van der Waals surface area contributed by atoms with Gasteiger partial charge in [0.15, 0.2) is 5.82 Å². The predicted octanol–water partition coefficient (Wildman–Crippen LogP) is 4.93. The van der Waals surface area contributed by atoms with Gasteiger partial charge in [-0.05, 0) is 56.3 Å². The van der Waals surface area contributed by atoms with Crippen LogP contribution in [0.3, 0.4) is 0 Å². The molecule has 0 atom stereocenters. The fraction of sp³-hybridized carbons (Fsp3) is 0.103. The summed E-state index contributed by atoms with van der Waals surface area (Å²) in [6.45, 7) is 4.59. The summed E-state index contributed by atoms with van der Waals surface area (Å²) < 4.78 is 9.35. The fourth-order valence-electron chi connectivity index (χ4n) is 4.11. The lowest BCUT2D eigenvalue weighted by Gasteiger charge is -2.04. The average molecular weight is 506 g/mol. The first-order valence-corrected chi connectivity index (χ1v) is 12.8. The molecule has 0 aliphatic rings. The van der Waals surface area contributed by atoms with Crippen molar-refractivity contribution in [2.45, 2.75) is 13.8 Å². The smallest absolute Gasteiger partial charge is 0.291 e. The standard InChI is InChI=1S/C29H23N5O2S/c1-3-36-24-15-13-20(14-16-24)26-22(18-33(31-26)23-7-5-4-6-8-23)17-25-28(35)34-29(37-25)30-27(32-34)21-11-9-19(2)10-12-21/h4-18H,3H2,1-2H3/b25-17-. The molecule has 6 rings (SSSR count). The summed E-state index contributed by atoms with van der Waals surface area (Å²) in [6.07, 6.45) is 3.81. The maximum absolute atomic E-state index is 13.3. The van der Waals surface area contributed by atoms with Gasteiger partial charge in [-0.3, -0.25) is 4.79 Å². The van der Waals surface area contributed by atoms with Gasteiger partial charge in [-0.2, -0.15) is 14.6 Å². The molecule has 7 nitrogen and oxygen atoms in total. The molecule has 0 saturated carbocycles. The van der Waals surface area contributed by atoms with E-state index in [-0.39, 0.29) is 5.56 Å². The molecule has 0 unspecified atom stereocenters. The van der Waals surface area contributed by atoms with E-state index in [0.717, 1.165) is 39.4 Å². The largest absolute Gasteiger partial charge is 0.494 e. The second-order valence-corrected chi connectivity index (χ2v) is 9.59. The summed E-state index contributed by atoms with van der Waals surface area (Å²) in [5.74, 6) is 1.35. The van der Waals surface area contributed by atoms with Gasteiger partial charge in [-0.25, -0.2) is 4.68 Å². The minimum atomic E-state index is -0.198. The molecule has 0 fully saturated rings. The molecule has 8 heteroatoms. The van der Waals surface area contributed by atoms with Crippen molar-refractivity contribution in [1.29, 1.82) is 0 Å². The topological polar surface area (TPSA) is 74.3 Å². The maximum atomic E-state index is 13.3. The molecule has 0 N–H and O–H groups in total. The number of rotatable bonds is 6. The summed E-state index contributed by atoms with van der Waals surface area (Å²) in [4.78, 5) is 18.4. The van der Waals surface area contributed by atoms with Crippen molar-refractivity contribution in [1.82, 2.24) is 24.4 Å². The molecule has 0 radical (unpaired) electrons. The number of para-hydroxylation sites is 1. The van der Waals surface area contributed by atoms with Crippen molar-refractivity contribution in [2.75, 3.05) is 6.61 Å². The summed E-state index contributed by atoms with van der Waals surface area (Å²) in [5, 5.41) is 9.35. The fourth-order valence-corrected chi connectivity index (χ4v) is 5.00. The highest BCUT2D eigenvalue weighted by Crippen LogP contribution is 2.26. The summed E-state index contributed by atoms with van der Waals surface area (Å²) in [7, 11) is 0. The molecule has 6 aromatic rings. The Bertz CT molecular complexity index is 1800. The number of ether oxygens (including phenoxy) is 1. The van der Waals surface area contributed by atoms with Gasteiger partial charge >= 0.3 is 0 Å². The maximum Gasteiger partial charge on any atom is 0.291 e. The SMILES string of the molecule is CCOc1ccc(-c2nn(-c3ccccc3)cc2/C=c2\sc3nc(-c4ccc(C)cc4)nn3c2=O)cc1. The predicted molar refractivity (Wildman–Crippen MR) is 146 cm³/mol. The molecular weight excluding hydrogens is 482 g/mol. The summed E-state index contributed by atoms with van der Waals surface area (Å²) >= 11 is 1.32. The van der Waals surface area contributed by atoms with Crippen LogP contribution in [0.5, 0.6) is 5.75 Å². The molecule has 0 saturated heterocycles. The first-order valence-electron chi connectivity index (χ1n) is 12.0. The Kier molecular flexibility index (Phi) is 5.86. The van der Waals surface area contributed by atoms with E-state index in [9.17, 15) is 4.79 Å². The Hall–Kier alpha value is -4.56. The van der Waals surface area contributed by atoms with Crippen molar-refractivity contribution < 1.29 is 4.74 Å². The number of hydrogen-bond donors (Lipinski definition) is 0. The van der Waals surface area contributed by atoms with E-state index in [0.29, 0.717) is 21.9 Å². The molecule has 3 heterocycles. The van der Waals surface area contributed by atoms with E-state index < -0.39 is 0 Å². The van der Waals surface area contributed by atoms with Crippen molar-refractivity contribution >= 4 is 22.4 Å².